The molecule has 1 aromatic heterocycles. The van der Waals surface area contributed by atoms with Crippen LogP contribution in [0.15, 0.2) is 47.6 Å². The summed E-state index contributed by atoms with van der Waals surface area (Å²) in [6.07, 6.45) is 1.89. The van der Waals surface area contributed by atoms with Crippen LogP contribution in [0.5, 0.6) is 5.75 Å². The fourth-order valence-corrected chi connectivity index (χ4v) is 4.99. The molecule has 0 atom stereocenters. The van der Waals surface area contributed by atoms with Crippen LogP contribution in [0.3, 0.4) is 0 Å². The molecule has 1 aliphatic heterocycles. The molecule has 2 aromatic carbocycles. The maximum Gasteiger partial charge on any atom is 0.233 e. The third kappa shape index (κ3) is 4.77. The van der Waals surface area contributed by atoms with Crippen molar-refractivity contribution < 1.29 is 9.90 Å². The minimum absolute atomic E-state index is 0.141. The fraction of sp³-hybridized carbons (Fsp3) is 0.375. The molecule has 3 aromatic rings. The fourth-order valence-electron chi connectivity index (χ4n) is 4.10. The minimum Gasteiger partial charge on any atom is -0.508 e. The van der Waals surface area contributed by atoms with Gasteiger partial charge in [0.25, 0.3) is 0 Å². The van der Waals surface area contributed by atoms with Gasteiger partial charge >= 0.3 is 0 Å². The minimum atomic E-state index is 0.141. The van der Waals surface area contributed by atoms with Crippen LogP contribution in [-0.4, -0.2) is 49.5 Å². The number of aryl methyl sites for hydroxylation is 3. The summed E-state index contributed by atoms with van der Waals surface area (Å²) in [6.45, 7) is 7.60. The average Bonchev–Trinajstić information content (AvgIpc) is 3.14. The number of hydrogen-bond donors (Lipinski definition) is 1. The molecule has 31 heavy (non-hydrogen) atoms. The normalized spacial score (nSPS) is 14.7. The molecule has 0 unspecified atom stereocenters. The molecule has 162 valence electrons. The number of rotatable bonds is 5. The van der Waals surface area contributed by atoms with Crippen molar-refractivity contribution in [2.75, 3.05) is 18.8 Å². The Morgan fingerprint density at radius 1 is 1.06 bits per heavy atom. The summed E-state index contributed by atoms with van der Waals surface area (Å²) in [4.78, 5) is 14.8. The van der Waals surface area contributed by atoms with E-state index in [0.717, 1.165) is 48.2 Å². The molecule has 0 radical (unpaired) electrons. The van der Waals surface area contributed by atoms with Crippen molar-refractivity contribution in [3.8, 4) is 11.4 Å². The van der Waals surface area contributed by atoms with E-state index in [2.05, 4.69) is 42.2 Å². The lowest BCUT2D eigenvalue weighted by molar-refractivity contribution is -0.129. The highest BCUT2D eigenvalue weighted by molar-refractivity contribution is 7.99. The Bertz CT molecular complexity index is 1070. The number of piperidine rings is 1. The second-order valence-corrected chi connectivity index (χ2v) is 9.13. The van der Waals surface area contributed by atoms with E-state index in [1.165, 1.54) is 22.9 Å². The van der Waals surface area contributed by atoms with Gasteiger partial charge < -0.3 is 10.0 Å². The molecule has 1 fully saturated rings. The Labute approximate surface area is 187 Å². The van der Waals surface area contributed by atoms with Crippen LogP contribution in [0.25, 0.3) is 5.69 Å². The number of carbonyl (C=O) groups excluding carboxylic acids is 1. The zero-order chi connectivity index (χ0) is 22.0. The van der Waals surface area contributed by atoms with Gasteiger partial charge in [0.05, 0.1) is 11.4 Å². The molecule has 1 amide bonds. The molecule has 2 heterocycles. The van der Waals surface area contributed by atoms with Gasteiger partial charge in [-0.1, -0.05) is 36.0 Å². The van der Waals surface area contributed by atoms with E-state index in [0.29, 0.717) is 11.7 Å². The Morgan fingerprint density at radius 3 is 2.48 bits per heavy atom. The van der Waals surface area contributed by atoms with Gasteiger partial charge in [0.2, 0.25) is 5.91 Å². The lowest BCUT2D eigenvalue weighted by Gasteiger charge is -2.32. The number of aromatic nitrogens is 3. The van der Waals surface area contributed by atoms with Gasteiger partial charge in [0.1, 0.15) is 11.6 Å². The molecule has 6 nitrogen and oxygen atoms in total. The summed E-state index contributed by atoms with van der Waals surface area (Å²) in [5.41, 5.74) is 4.62. The molecule has 0 saturated carbocycles. The number of aromatic hydroxyl groups is 1. The second-order valence-electron chi connectivity index (χ2n) is 8.19. The van der Waals surface area contributed by atoms with Crippen LogP contribution < -0.4 is 0 Å². The summed E-state index contributed by atoms with van der Waals surface area (Å²) in [6, 6.07) is 13.8. The Morgan fingerprint density at radius 2 is 1.77 bits per heavy atom. The molecular formula is C24H28N4O2S. The van der Waals surface area contributed by atoms with Gasteiger partial charge in [-0.15, -0.1) is 10.2 Å². The van der Waals surface area contributed by atoms with E-state index < -0.39 is 0 Å². The molecular weight excluding hydrogens is 408 g/mol. The van der Waals surface area contributed by atoms with Crippen LogP contribution in [0, 0.1) is 20.8 Å². The van der Waals surface area contributed by atoms with Gasteiger partial charge in [-0.2, -0.15) is 0 Å². The van der Waals surface area contributed by atoms with Crippen LogP contribution in [0.1, 0.15) is 41.3 Å². The third-order valence-corrected chi connectivity index (χ3v) is 6.85. The number of carbonyl (C=O) groups is 1. The van der Waals surface area contributed by atoms with Gasteiger partial charge in [-0.3, -0.25) is 9.36 Å². The van der Waals surface area contributed by atoms with E-state index in [9.17, 15) is 9.90 Å². The molecule has 1 aliphatic rings. The Hall–Kier alpha value is -2.80. The molecule has 4 rings (SSSR count). The van der Waals surface area contributed by atoms with Crippen LogP contribution in [-0.2, 0) is 4.79 Å². The van der Waals surface area contributed by atoms with E-state index >= 15 is 0 Å². The summed E-state index contributed by atoms with van der Waals surface area (Å²) < 4.78 is 2.04. The lowest BCUT2D eigenvalue weighted by atomic mass is 9.89. The maximum atomic E-state index is 12.8. The van der Waals surface area contributed by atoms with Crippen molar-refractivity contribution in [2.24, 2.45) is 0 Å². The number of likely N-dealkylation sites (tertiary alicyclic amines) is 1. The summed E-state index contributed by atoms with van der Waals surface area (Å²) in [7, 11) is 0. The predicted molar refractivity (Wildman–Crippen MR) is 123 cm³/mol. The quantitative estimate of drug-likeness (QED) is 0.601. The number of amides is 1. The van der Waals surface area contributed by atoms with Crippen molar-refractivity contribution in [1.29, 1.82) is 0 Å². The Kier molecular flexibility index (Phi) is 6.32. The van der Waals surface area contributed by atoms with E-state index in [1.54, 1.807) is 12.1 Å². The zero-order valence-electron chi connectivity index (χ0n) is 18.2. The first kappa shape index (κ1) is 21.4. The first-order chi connectivity index (χ1) is 14.9. The van der Waals surface area contributed by atoms with Gasteiger partial charge in [-0.25, -0.2) is 0 Å². The molecule has 7 heteroatoms. The van der Waals surface area contributed by atoms with Crippen molar-refractivity contribution in [3.63, 3.8) is 0 Å². The van der Waals surface area contributed by atoms with Crippen molar-refractivity contribution in [2.45, 2.75) is 44.7 Å². The zero-order valence-corrected chi connectivity index (χ0v) is 19.0. The standard InChI is InChI=1S/C24H28N4O2S/c1-16-4-5-17(2)22(14-16)28-18(3)25-26-24(28)31-15-23(30)27-12-10-20(11-13-27)19-6-8-21(29)9-7-19/h4-9,14,20,29H,10-13,15H2,1-3H3. The van der Waals surface area contributed by atoms with Crippen molar-refractivity contribution >= 4 is 17.7 Å². The Balaban J connectivity index is 1.38. The monoisotopic (exact) mass is 436 g/mol. The van der Waals surface area contributed by atoms with Crippen molar-refractivity contribution in [3.05, 3.63) is 65.0 Å². The van der Waals surface area contributed by atoms with Crippen LogP contribution in [0.2, 0.25) is 0 Å². The first-order valence-electron chi connectivity index (χ1n) is 10.6. The van der Waals surface area contributed by atoms with Gasteiger partial charge in [0.15, 0.2) is 5.16 Å². The van der Waals surface area contributed by atoms with Crippen LogP contribution in [0.4, 0.5) is 0 Å². The molecule has 1 N–H and O–H groups in total. The second kappa shape index (κ2) is 9.14. The number of phenols is 1. The summed E-state index contributed by atoms with van der Waals surface area (Å²) >= 11 is 1.45. The van der Waals surface area contributed by atoms with Crippen molar-refractivity contribution in [1.82, 2.24) is 19.7 Å². The van der Waals surface area contributed by atoms with Gasteiger partial charge in [-0.05, 0) is 74.4 Å². The smallest absolute Gasteiger partial charge is 0.233 e. The first-order valence-corrected chi connectivity index (χ1v) is 11.6. The summed E-state index contributed by atoms with van der Waals surface area (Å²) in [5.74, 6) is 2.04. The number of hydrogen-bond acceptors (Lipinski definition) is 5. The third-order valence-electron chi connectivity index (χ3n) is 5.94. The van der Waals surface area contributed by atoms with E-state index in [1.807, 2.05) is 28.5 Å². The summed E-state index contributed by atoms with van der Waals surface area (Å²) in [5, 5.41) is 18.8. The van der Waals surface area contributed by atoms with Crippen LogP contribution >= 0.6 is 11.8 Å². The number of nitrogens with zero attached hydrogens (tertiary/aromatic N) is 4. The highest BCUT2D eigenvalue weighted by Gasteiger charge is 2.24. The number of thioether (sulfide) groups is 1. The topological polar surface area (TPSA) is 71.2 Å². The SMILES string of the molecule is Cc1ccc(C)c(-n2c(C)nnc2SCC(=O)N2CCC(c3ccc(O)cc3)CC2)c1. The average molecular weight is 437 g/mol. The highest BCUT2D eigenvalue weighted by atomic mass is 32.2. The number of benzene rings is 2. The van der Waals surface area contributed by atoms with E-state index in [-0.39, 0.29) is 11.7 Å². The molecule has 0 spiro atoms. The molecule has 0 bridgehead atoms. The predicted octanol–water partition coefficient (Wildman–Crippen LogP) is 4.40. The molecule has 1 saturated heterocycles. The maximum absolute atomic E-state index is 12.8. The van der Waals surface area contributed by atoms with Gasteiger partial charge in [0, 0.05) is 13.1 Å². The number of phenolic OH excluding ortho intramolecular Hbond substituents is 1. The lowest BCUT2D eigenvalue weighted by Crippen LogP contribution is -2.39. The van der Waals surface area contributed by atoms with E-state index in [4.69, 9.17) is 0 Å². The largest absolute Gasteiger partial charge is 0.508 e. The molecule has 0 aliphatic carbocycles. The highest BCUT2D eigenvalue weighted by Crippen LogP contribution is 2.30.